The quantitative estimate of drug-likeness (QED) is 0.660. The largest absolute Gasteiger partial charge is 0.372 e. The van der Waals surface area contributed by atoms with E-state index in [-0.39, 0.29) is 29.6 Å². The minimum Gasteiger partial charge on any atom is -0.372 e. The number of carbonyl (C=O) groups excluding carboxylic acids is 1. The minimum atomic E-state index is -3.72. The van der Waals surface area contributed by atoms with E-state index >= 15 is 0 Å². The molecule has 1 heterocycles. The third-order valence-electron chi connectivity index (χ3n) is 2.36. The maximum Gasteiger partial charge on any atom is 0.244 e. The van der Waals surface area contributed by atoms with Crippen molar-refractivity contribution < 1.29 is 13.2 Å². The first-order valence-corrected chi connectivity index (χ1v) is 8.28. The molecule has 0 aliphatic heterocycles. The van der Waals surface area contributed by atoms with Crippen LogP contribution in [0.25, 0.3) is 0 Å². The van der Waals surface area contributed by atoms with E-state index < -0.39 is 10.0 Å². The number of rotatable bonds is 7. The van der Waals surface area contributed by atoms with Gasteiger partial charge in [-0.3, -0.25) is 4.79 Å². The Balaban J connectivity index is 2.79. The number of anilines is 1. The van der Waals surface area contributed by atoms with Crippen LogP contribution in [0, 0.1) is 0 Å². The zero-order chi connectivity index (χ0) is 15.2. The van der Waals surface area contributed by atoms with E-state index in [2.05, 4.69) is 36.3 Å². The molecule has 0 bridgehead atoms. The van der Waals surface area contributed by atoms with E-state index in [0.29, 0.717) is 11.0 Å². The lowest BCUT2D eigenvalue weighted by molar-refractivity contribution is -0.120. The summed E-state index contributed by atoms with van der Waals surface area (Å²) in [6, 6.07) is 1.45. The highest BCUT2D eigenvalue weighted by Gasteiger charge is 2.19. The summed E-state index contributed by atoms with van der Waals surface area (Å²) < 4.78 is 27.3. The molecular weight excluding hydrogens is 348 g/mol. The number of amides is 1. The fourth-order valence-electron chi connectivity index (χ4n) is 1.48. The van der Waals surface area contributed by atoms with Crippen LogP contribution in [-0.4, -0.2) is 39.4 Å². The van der Waals surface area contributed by atoms with Gasteiger partial charge in [0.2, 0.25) is 15.9 Å². The molecule has 1 aromatic rings. The number of hydrogen-bond donors (Lipinski definition) is 3. The second kappa shape index (κ2) is 7.55. The van der Waals surface area contributed by atoms with Gasteiger partial charge in [0.05, 0.1) is 0 Å². The average Bonchev–Trinajstić information content (AvgIpc) is 2.38. The topological polar surface area (TPSA) is 100 Å². The van der Waals surface area contributed by atoms with Gasteiger partial charge in [-0.05, 0) is 28.9 Å². The highest BCUT2D eigenvalue weighted by Crippen LogP contribution is 2.22. The number of carbonyl (C=O) groups is 1. The van der Waals surface area contributed by atoms with Crippen LogP contribution in [0.1, 0.15) is 13.3 Å². The van der Waals surface area contributed by atoms with Crippen LogP contribution >= 0.6 is 15.9 Å². The lowest BCUT2D eigenvalue weighted by atomic mass is 10.4. The zero-order valence-corrected chi connectivity index (χ0v) is 13.6. The molecule has 0 atom stereocenters. The number of hydrogen-bond acceptors (Lipinski definition) is 5. The molecule has 0 radical (unpaired) electrons. The maximum atomic E-state index is 12.2. The van der Waals surface area contributed by atoms with Crippen LogP contribution in [0.5, 0.6) is 0 Å². The number of halogens is 1. The molecule has 0 aliphatic carbocycles. The number of sulfonamides is 1. The fraction of sp³-hybridized carbons (Fsp3) is 0.455. The van der Waals surface area contributed by atoms with Crippen molar-refractivity contribution in [3.8, 4) is 0 Å². The van der Waals surface area contributed by atoms with Crippen LogP contribution in [0.2, 0.25) is 0 Å². The molecule has 0 fully saturated rings. The molecule has 3 N–H and O–H groups in total. The molecule has 0 saturated heterocycles. The molecule has 7 nitrogen and oxygen atoms in total. The Hall–Kier alpha value is -1.19. The van der Waals surface area contributed by atoms with Crippen molar-refractivity contribution in [1.82, 2.24) is 15.0 Å². The molecule has 1 amide bonds. The number of aromatic nitrogens is 1. The van der Waals surface area contributed by atoms with Crippen molar-refractivity contribution in [3.63, 3.8) is 0 Å². The summed E-state index contributed by atoms with van der Waals surface area (Å²) in [5.41, 5.74) is 0. The van der Waals surface area contributed by atoms with Gasteiger partial charge in [0.25, 0.3) is 0 Å². The summed E-state index contributed by atoms with van der Waals surface area (Å²) in [5.74, 6) is 0.0510. The standard InChI is InChI=1S/C11H17BrN4O3S/c1-3-14-10(17)4-5-16-20(18,19)9-6-8(12)7-15-11(9)13-2/h6-7,16H,3-5H2,1-2H3,(H,13,15)(H,14,17). The highest BCUT2D eigenvalue weighted by molar-refractivity contribution is 9.10. The fourth-order valence-corrected chi connectivity index (χ4v) is 3.18. The molecule has 1 rings (SSSR count). The summed E-state index contributed by atoms with van der Waals surface area (Å²) >= 11 is 3.18. The van der Waals surface area contributed by atoms with Crippen LogP contribution in [-0.2, 0) is 14.8 Å². The lowest BCUT2D eigenvalue weighted by Crippen LogP contribution is -2.31. The molecule has 0 aromatic carbocycles. The third kappa shape index (κ3) is 4.73. The number of nitrogens with zero attached hydrogens (tertiary/aromatic N) is 1. The molecule has 9 heteroatoms. The Kier molecular flexibility index (Phi) is 6.37. The first-order chi connectivity index (χ1) is 9.40. The van der Waals surface area contributed by atoms with Crippen molar-refractivity contribution >= 4 is 37.7 Å². The number of nitrogens with one attached hydrogen (secondary N) is 3. The van der Waals surface area contributed by atoms with Crippen LogP contribution in [0.4, 0.5) is 5.82 Å². The summed E-state index contributed by atoms with van der Waals surface area (Å²) in [7, 11) is -2.13. The number of pyridine rings is 1. The van der Waals surface area contributed by atoms with E-state index in [1.54, 1.807) is 14.0 Å². The van der Waals surface area contributed by atoms with Gasteiger partial charge in [-0.1, -0.05) is 0 Å². The van der Waals surface area contributed by atoms with Crippen molar-refractivity contribution in [2.45, 2.75) is 18.2 Å². The van der Waals surface area contributed by atoms with Crippen LogP contribution in [0.3, 0.4) is 0 Å². The molecule has 1 aromatic heterocycles. The first-order valence-electron chi connectivity index (χ1n) is 6.00. The summed E-state index contributed by atoms with van der Waals surface area (Å²) in [6.45, 7) is 2.35. The first kappa shape index (κ1) is 16.9. The van der Waals surface area contributed by atoms with Crippen LogP contribution < -0.4 is 15.4 Å². The molecule has 112 valence electrons. The Bertz CT molecular complexity index is 577. The summed E-state index contributed by atoms with van der Waals surface area (Å²) in [5, 5.41) is 5.32. The lowest BCUT2D eigenvalue weighted by Gasteiger charge is -2.10. The smallest absolute Gasteiger partial charge is 0.244 e. The van der Waals surface area contributed by atoms with E-state index in [9.17, 15) is 13.2 Å². The van der Waals surface area contributed by atoms with Gasteiger partial charge in [0, 0.05) is 37.2 Å². The predicted molar refractivity (Wildman–Crippen MR) is 80.0 cm³/mol. The van der Waals surface area contributed by atoms with Gasteiger partial charge in [0.1, 0.15) is 10.7 Å². The molecule has 0 saturated carbocycles. The van der Waals surface area contributed by atoms with Gasteiger partial charge in [-0.25, -0.2) is 18.1 Å². The van der Waals surface area contributed by atoms with Gasteiger partial charge in [-0.15, -0.1) is 0 Å². The molecular formula is C11H17BrN4O3S. The van der Waals surface area contributed by atoms with Crippen molar-refractivity contribution in [3.05, 3.63) is 16.7 Å². The monoisotopic (exact) mass is 364 g/mol. The highest BCUT2D eigenvalue weighted by atomic mass is 79.9. The van der Waals surface area contributed by atoms with Gasteiger partial charge >= 0.3 is 0 Å². The minimum absolute atomic E-state index is 0.0316. The Labute approximate surface area is 126 Å². The molecule has 0 unspecified atom stereocenters. The second-order valence-corrected chi connectivity index (χ2v) is 6.50. The van der Waals surface area contributed by atoms with Crippen molar-refractivity contribution in [2.75, 3.05) is 25.5 Å². The SMILES string of the molecule is CCNC(=O)CCNS(=O)(=O)c1cc(Br)cnc1NC. The zero-order valence-electron chi connectivity index (χ0n) is 11.2. The van der Waals surface area contributed by atoms with E-state index in [1.807, 2.05) is 0 Å². The van der Waals surface area contributed by atoms with Gasteiger partial charge < -0.3 is 10.6 Å². The van der Waals surface area contributed by atoms with Gasteiger partial charge in [0.15, 0.2) is 0 Å². The Morgan fingerprint density at radius 1 is 1.45 bits per heavy atom. The van der Waals surface area contributed by atoms with E-state index in [0.717, 1.165) is 0 Å². The molecule has 20 heavy (non-hydrogen) atoms. The van der Waals surface area contributed by atoms with E-state index in [4.69, 9.17) is 0 Å². The van der Waals surface area contributed by atoms with Crippen LogP contribution in [0.15, 0.2) is 21.6 Å². The predicted octanol–water partition coefficient (Wildman–Crippen LogP) is 0.690. The average molecular weight is 365 g/mol. The second-order valence-electron chi connectivity index (χ2n) is 3.85. The Morgan fingerprint density at radius 2 is 2.15 bits per heavy atom. The van der Waals surface area contributed by atoms with Crippen molar-refractivity contribution in [2.24, 2.45) is 0 Å². The van der Waals surface area contributed by atoms with Gasteiger partial charge in [-0.2, -0.15) is 0 Å². The normalized spacial score (nSPS) is 11.2. The summed E-state index contributed by atoms with van der Waals surface area (Å²) in [6.07, 6.45) is 1.59. The van der Waals surface area contributed by atoms with E-state index in [1.165, 1.54) is 12.3 Å². The molecule has 0 aliphatic rings. The molecule has 0 spiro atoms. The maximum absolute atomic E-state index is 12.2. The Morgan fingerprint density at radius 3 is 2.75 bits per heavy atom. The summed E-state index contributed by atoms with van der Waals surface area (Å²) in [4.78, 5) is 15.3. The third-order valence-corrected chi connectivity index (χ3v) is 4.27. The van der Waals surface area contributed by atoms with Crippen molar-refractivity contribution in [1.29, 1.82) is 0 Å².